The Kier molecular flexibility index (Phi) is 5.35. The van der Waals surface area contributed by atoms with Gasteiger partial charge in [-0.25, -0.2) is 17.1 Å². The fourth-order valence-corrected chi connectivity index (χ4v) is 6.13. The van der Waals surface area contributed by atoms with Gasteiger partial charge in [0, 0.05) is 66.1 Å². The smallest absolute Gasteiger partial charge is 0.216 e. The molecule has 1 saturated heterocycles. The van der Waals surface area contributed by atoms with E-state index in [1.807, 2.05) is 18.3 Å². The molecule has 0 radical (unpaired) electrons. The molecule has 0 unspecified atom stereocenters. The lowest BCUT2D eigenvalue weighted by molar-refractivity contribution is 0.329. The minimum absolute atomic E-state index is 0.155. The number of benzene rings is 1. The molecule has 1 N–H and O–H groups in total. The zero-order valence-corrected chi connectivity index (χ0v) is 18.0. The van der Waals surface area contributed by atoms with Crippen LogP contribution in [0.15, 0.2) is 49.1 Å². The van der Waals surface area contributed by atoms with Crippen molar-refractivity contribution in [2.75, 3.05) is 18.4 Å². The van der Waals surface area contributed by atoms with Gasteiger partial charge in [-0.15, -0.1) is 0 Å². The van der Waals surface area contributed by atoms with E-state index in [9.17, 15) is 12.8 Å². The molecule has 3 heterocycles. The van der Waals surface area contributed by atoms with Crippen molar-refractivity contribution in [3.05, 3.63) is 54.6 Å². The highest BCUT2D eigenvalue weighted by Crippen LogP contribution is 2.34. The van der Waals surface area contributed by atoms with Crippen LogP contribution in [0.5, 0.6) is 0 Å². The molecule has 0 bridgehead atoms. The van der Waals surface area contributed by atoms with E-state index in [1.54, 1.807) is 16.7 Å². The van der Waals surface area contributed by atoms with Crippen molar-refractivity contribution in [1.82, 2.24) is 14.3 Å². The number of pyridine rings is 2. The molecular formula is C23H25FN4O2S. The van der Waals surface area contributed by atoms with Crippen LogP contribution in [0.4, 0.5) is 10.1 Å². The van der Waals surface area contributed by atoms with E-state index in [2.05, 4.69) is 27.4 Å². The maximum atomic E-state index is 13.1. The van der Waals surface area contributed by atoms with Crippen LogP contribution in [0.1, 0.15) is 31.2 Å². The lowest BCUT2D eigenvalue weighted by atomic mass is 9.99. The number of hydrogen-bond acceptors (Lipinski definition) is 5. The second-order valence-corrected chi connectivity index (χ2v) is 10.6. The summed E-state index contributed by atoms with van der Waals surface area (Å²) in [4.78, 5) is 8.45. The van der Waals surface area contributed by atoms with E-state index in [4.69, 9.17) is 0 Å². The van der Waals surface area contributed by atoms with Gasteiger partial charge < -0.3 is 5.32 Å². The van der Waals surface area contributed by atoms with Crippen LogP contribution < -0.4 is 5.32 Å². The first kappa shape index (κ1) is 20.3. The van der Waals surface area contributed by atoms with Gasteiger partial charge in [-0.2, -0.15) is 0 Å². The summed E-state index contributed by atoms with van der Waals surface area (Å²) in [5, 5.41) is 5.51. The number of nitrogens with one attached hydrogen (secondary N) is 1. The first-order chi connectivity index (χ1) is 15.0. The van der Waals surface area contributed by atoms with Crippen LogP contribution >= 0.6 is 0 Å². The van der Waals surface area contributed by atoms with Gasteiger partial charge in [-0.3, -0.25) is 9.97 Å². The van der Waals surface area contributed by atoms with Crippen molar-refractivity contribution in [3.63, 3.8) is 0 Å². The number of piperidine rings is 1. The molecule has 6 nitrogen and oxygen atoms in total. The summed E-state index contributed by atoms with van der Waals surface area (Å²) in [6, 6.07) is 8.07. The molecule has 0 atom stereocenters. The summed E-state index contributed by atoms with van der Waals surface area (Å²) in [6.45, 7) is 0.551. The molecule has 2 aliphatic rings. The zero-order chi connectivity index (χ0) is 21.4. The predicted octanol–water partition coefficient (Wildman–Crippen LogP) is 4.13. The highest BCUT2D eigenvalue weighted by molar-refractivity contribution is 7.90. The van der Waals surface area contributed by atoms with Gasteiger partial charge in [0.05, 0.1) is 5.25 Å². The number of sulfonamides is 1. The fourth-order valence-electron chi connectivity index (χ4n) is 4.25. The van der Waals surface area contributed by atoms with E-state index in [-0.39, 0.29) is 11.3 Å². The molecular weight excluding hydrogens is 415 g/mol. The molecule has 8 heteroatoms. The van der Waals surface area contributed by atoms with E-state index in [1.165, 1.54) is 6.20 Å². The summed E-state index contributed by atoms with van der Waals surface area (Å²) < 4.78 is 39.8. The van der Waals surface area contributed by atoms with Crippen molar-refractivity contribution in [2.45, 2.75) is 43.6 Å². The zero-order valence-electron chi connectivity index (χ0n) is 17.2. The normalized spacial score (nSPS) is 18.4. The second kappa shape index (κ2) is 8.16. The van der Waals surface area contributed by atoms with Crippen molar-refractivity contribution in [2.24, 2.45) is 0 Å². The number of rotatable bonds is 6. The van der Waals surface area contributed by atoms with Gasteiger partial charge in [-0.1, -0.05) is 0 Å². The van der Waals surface area contributed by atoms with Gasteiger partial charge in [0.15, 0.2) is 0 Å². The lowest BCUT2D eigenvalue weighted by Gasteiger charge is -2.32. The average molecular weight is 441 g/mol. The fraction of sp³-hybridized carbons (Fsp3) is 0.391. The Bertz CT molecular complexity index is 1210. The van der Waals surface area contributed by atoms with E-state index >= 15 is 0 Å². The number of hydrogen-bond donors (Lipinski definition) is 1. The molecule has 2 fully saturated rings. The number of alkyl halides is 1. The Hall–Kier alpha value is -2.58. The number of halogens is 1. The molecule has 31 heavy (non-hydrogen) atoms. The van der Waals surface area contributed by atoms with Crippen LogP contribution in [0.3, 0.4) is 0 Å². The monoisotopic (exact) mass is 440 g/mol. The van der Waals surface area contributed by atoms with Crippen molar-refractivity contribution < 1.29 is 12.8 Å². The van der Waals surface area contributed by atoms with Crippen LogP contribution in [-0.4, -0.2) is 47.1 Å². The minimum atomic E-state index is -3.11. The number of fused-ring (bicyclic) bond motifs is 1. The first-order valence-electron chi connectivity index (χ1n) is 10.7. The van der Waals surface area contributed by atoms with E-state index in [0.29, 0.717) is 18.7 Å². The molecule has 5 rings (SSSR count). The third-order valence-corrected chi connectivity index (χ3v) is 8.56. The Morgan fingerprint density at radius 2 is 1.81 bits per heavy atom. The molecule has 162 valence electrons. The van der Waals surface area contributed by atoms with Crippen LogP contribution in [0.25, 0.3) is 21.9 Å². The van der Waals surface area contributed by atoms with Gasteiger partial charge in [0.25, 0.3) is 0 Å². The number of nitrogens with zero attached hydrogens (tertiary/aromatic N) is 3. The number of aromatic nitrogens is 2. The summed E-state index contributed by atoms with van der Waals surface area (Å²) in [7, 11) is -3.11. The largest absolute Gasteiger partial charge is 0.382 e. The summed E-state index contributed by atoms with van der Waals surface area (Å²) >= 11 is 0. The van der Waals surface area contributed by atoms with E-state index in [0.717, 1.165) is 53.3 Å². The van der Waals surface area contributed by atoms with Crippen LogP contribution in [0.2, 0.25) is 0 Å². The molecule has 1 aliphatic heterocycles. The standard InChI is InChI=1S/C23H25FN4O2S/c24-12-16-9-19(14-26-13-16)18-10-17-3-6-25-15-22(17)23(11-18)27-20-4-7-28(8-5-20)31(29,30)21-1-2-21/h3,6,9-11,13-15,20-21,27H,1-2,4-5,7-8,12H2. The predicted molar refractivity (Wildman–Crippen MR) is 120 cm³/mol. The highest BCUT2D eigenvalue weighted by Gasteiger charge is 2.41. The second-order valence-electron chi connectivity index (χ2n) is 8.40. The summed E-state index contributed by atoms with van der Waals surface area (Å²) in [5.41, 5.74) is 3.32. The van der Waals surface area contributed by atoms with Crippen LogP contribution in [0, 0.1) is 0 Å². The van der Waals surface area contributed by atoms with Gasteiger partial charge in [-0.05, 0) is 60.9 Å². The molecule has 1 aromatic carbocycles. The Balaban J connectivity index is 1.40. The van der Waals surface area contributed by atoms with Crippen molar-refractivity contribution >= 4 is 26.5 Å². The molecule has 1 aliphatic carbocycles. The lowest BCUT2D eigenvalue weighted by Crippen LogP contribution is -2.43. The number of anilines is 1. The molecule has 3 aromatic rings. The summed E-state index contributed by atoms with van der Waals surface area (Å²) in [5.74, 6) is 0. The minimum Gasteiger partial charge on any atom is -0.382 e. The first-order valence-corrected chi connectivity index (χ1v) is 12.2. The molecule has 0 spiro atoms. The van der Waals surface area contributed by atoms with Gasteiger partial charge in [0.1, 0.15) is 6.67 Å². The van der Waals surface area contributed by atoms with E-state index < -0.39 is 16.7 Å². The maximum absolute atomic E-state index is 13.1. The molecule has 2 aromatic heterocycles. The Morgan fingerprint density at radius 3 is 2.55 bits per heavy atom. The van der Waals surface area contributed by atoms with Crippen molar-refractivity contribution in [3.8, 4) is 11.1 Å². The van der Waals surface area contributed by atoms with Crippen LogP contribution in [-0.2, 0) is 16.7 Å². The third-order valence-electron chi connectivity index (χ3n) is 6.16. The third kappa shape index (κ3) is 4.14. The topological polar surface area (TPSA) is 75.2 Å². The van der Waals surface area contributed by atoms with Crippen molar-refractivity contribution in [1.29, 1.82) is 0 Å². The van der Waals surface area contributed by atoms with Gasteiger partial charge >= 0.3 is 0 Å². The van der Waals surface area contributed by atoms with Gasteiger partial charge in [0.2, 0.25) is 10.0 Å². The molecule has 0 amide bonds. The maximum Gasteiger partial charge on any atom is 0.216 e. The average Bonchev–Trinajstić information content (AvgIpc) is 3.66. The molecule has 1 saturated carbocycles. The quantitative estimate of drug-likeness (QED) is 0.624. The summed E-state index contributed by atoms with van der Waals surface area (Å²) in [6.07, 6.45) is 9.99. The Labute approximate surface area is 181 Å². The Morgan fingerprint density at radius 1 is 1.00 bits per heavy atom. The highest BCUT2D eigenvalue weighted by atomic mass is 32.2. The SMILES string of the molecule is O=S(=O)(C1CC1)N1CCC(Nc2cc(-c3cncc(CF)c3)cc3ccncc23)CC1.